The Kier molecular flexibility index (Phi) is 5.96. The molecule has 5 aromatic carbocycles. The summed E-state index contributed by atoms with van der Waals surface area (Å²) < 4.78 is 0. The number of fused-ring (bicyclic) bond motifs is 1. The summed E-state index contributed by atoms with van der Waals surface area (Å²) in [7, 11) is 0. The van der Waals surface area contributed by atoms with Gasteiger partial charge in [-0.15, -0.1) is 0 Å². The molecule has 0 saturated heterocycles. The number of pyridine rings is 1. The molecule has 1 heteroatoms. The molecule has 36 heavy (non-hydrogen) atoms. The Bertz CT molecular complexity index is 1600. The maximum atomic E-state index is 4.90. The van der Waals surface area contributed by atoms with Crippen LogP contribution < -0.4 is 0 Å². The van der Waals surface area contributed by atoms with Gasteiger partial charge in [-0.1, -0.05) is 140 Å². The highest BCUT2D eigenvalue weighted by Crippen LogP contribution is 2.41. The SMILES string of the molecule is c1ccc(C(=C(c2ccccc2)c2ccccc2-c2nccc3ccccc23)c2ccccc2)cc1. The van der Waals surface area contributed by atoms with E-state index >= 15 is 0 Å². The Morgan fingerprint density at radius 1 is 0.417 bits per heavy atom. The molecule has 0 bridgehead atoms. The summed E-state index contributed by atoms with van der Waals surface area (Å²) in [4.78, 5) is 4.90. The lowest BCUT2D eigenvalue weighted by molar-refractivity contribution is 1.35. The second-order valence-corrected chi connectivity index (χ2v) is 8.77. The molecule has 6 rings (SSSR count). The van der Waals surface area contributed by atoms with Crippen molar-refractivity contribution in [3.8, 4) is 11.3 Å². The molecule has 6 aromatic rings. The summed E-state index contributed by atoms with van der Waals surface area (Å²) in [5.41, 5.74) is 9.22. The highest BCUT2D eigenvalue weighted by Gasteiger charge is 2.20. The Labute approximate surface area is 212 Å². The topological polar surface area (TPSA) is 12.9 Å². The van der Waals surface area contributed by atoms with E-state index < -0.39 is 0 Å². The van der Waals surface area contributed by atoms with Crippen molar-refractivity contribution >= 4 is 21.9 Å². The van der Waals surface area contributed by atoms with Crippen LogP contribution in [0.2, 0.25) is 0 Å². The van der Waals surface area contributed by atoms with Gasteiger partial charge >= 0.3 is 0 Å². The summed E-state index contributed by atoms with van der Waals surface area (Å²) in [5, 5.41) is 2.34. The predicted octanol–water partition coefficient (Wildman–Crippen LogP) is 8.91. The average Bonchev–Trinajstić information content (AvgIpc) is 2.97. The minimum atomic E-state index is 0.998. The molecule has 0 aliphatic rings. The summed E-state index contributed by atoms with van der Waals surface area (Å²) in [6.07, 6.45) is 1.91. The summed E-state index contributed by atoms with van der Waals surface area (Å²) >= 11 is 0. The van der Waals surface area contributed by atoms with Crippen molar-refractivity contribution in [1.82, 2.24) is 4.98 Å². The van der Waals surface area contributed by atoms with E-state index in [4.69, 9.17) is 4.98 Å². The Hall–Kier alpha value is -4.75. The Morgan fingerprint density at radius 2 is 0.917 bits per heavy atom. The standard InChI is InChI=1S/C35H25N/c1-4-15-27(16-5-1)33(28-17-6-2-7-18-28)34(29-19-8-3-9-20-29)31-22-12-13-23-32(31)35-30-21-11-10-14-26(30)24-25-36-35/h1-25H. The van der Waals surface area contributed by atoms with E-state index in [1.54, 1.807) is 0 Å². The highest BCUT2D eigenvalue weighted by molar-refractivity contribution is 6.08. The van der Waals surface area contributed by atoms with Gasteiger partial charge in [0.25, 0.3) is 0 Å². The number of hydrogen-bond acceptors (Lipinski definition) is 1. The van der Waals surface area contributed by atoms with Gasteiger partial charge in [0.15, 0.2) is 0 Å². The van der Waals surface area contributed by atoms with Crippen LogP contribution in [0.25, 0.3) is 33.2 Å². The Balaban J connectivity index is 1.74. The molecular weight excluding hydrogens is 434 g/mol. The van der Waals surface area contributed by atoms with Crippen molar-refractivity contribution in [1.29, 1.82) is 0 Å². The largest absolute Gasteiger partial charge is 0.256 e. The summed E-state index contributed by atoms with van der Waals surface area (Å²) in [6, 6.07) is 51.3. The minimum absolute atomic E-state index is 0.998. The van der Waals surface area contributed by atoms with E-state index in [9.17, 15) is 0 Å². The Morgan fingerprint density at radius 3 is 1.56 bits per heavy atom. The van der Waals surface area contributed by atoms with Gasteiger partial charge in [-0.05, 0) is 44.9 Å². The first kappa shape index (κ1) is 21.8. The molecule has 0 fully saturated rings. The van der Waals surface area contributed by atoms with Crippen LogP contribution in [-0.4, -0.2) is 4.98 Å². The molecule has 0 saturated carbocycles. The molecule has 0 radical (unpaired) electrons. The van der Waals surface area contributed by atoms with Crippen molar-refractivity contribution in [2.24, 2.45) is 0 Å². The highest BCUT2D eigenvalue weighted by atomic mass is 14.7. The molecule has 0 atom stereocenters. The normalized spacial score (nSPS) is 10.8. The maximum Gasteiger partial charge on any atom is 0.0786 e. The van der Waals surface area contributed by atoms with E-state index in [0.717, 1.165) is 22.2 Å². The van der Waals surface area contributed by atoms with Crippen LogP contribution in [0.5, 0.6) is 0 Å². The van der Waals surface area contributed by atoms with Gasteiger partial charge in [-0.3, -0.25) is 4.98 Å². The number of hydrogen-bond donors (Lipinski definition) is 0. The first-order valence-electron chi connectivity index (χ1n) is 12.2. The van der Waals surface area contributed by atoms with Crippen LogP contribution in [0.3, 0.4) is 0 Å². The average molecular weight is 460 g/mol. The van der Waals surface area contributed by atoms with Gasteiger partial charge in [0.1, 0.15) is 0 Å². The monoisotopic (exact) mass is 459 g/mol. The first-order valence-corrected chi connectivity index (χ1v) is 12.2. The second kappa shape index (κ2) is 9.85. The predicted molar refractivity (Wildman–Crippen MR) is 152 cm³/mol. The molecule has 0 N–H and O–H groups in total. The van der Waals surface area contributed by atoms with Crippen LogP contribution in [0, 0.1) is 0 Å². The third kappa shape index (κ3) is 4.12. The van der Waals surface area contributed by atoms with Crippen molar-refractivity contribution in [2.45, 2.75) is 0 Å². The van der Waals surface area contributed by atoms with Crippen LogP contribution >= 0.6 is 0 Å². The van der Waals surface area contributed by atoms with E-state index in [0.29, 0.717) is 0 Å². The zero-order chi connectivity index (χ0) is 24.2. The van der Waals surface area contributed by atoms with Gasteiger partial charge in [-0.2, -0.15) is 0 Å². The molecule has 0 amide bonds. The lowest BCUT2D eigenvalue weighted by Crippen LogP contribution is -2.00. The van der Waals surface area contributed by atoms with Gasteiger partial charge in [0.05, 0.1) is 5.69 Å². The minimum Gasteiger partial charge on any atom is -0.256 e. The number of nitrogens with zero attached hydrogens (tertiary/aromatic N) is 1. The first-order chi connectivity index (χ1) is 17.9. The molecule has 1 heterocycles. The number of rotatable bonds is 5. The lowest BCUT2D eigenvalue weighted by Gasteiger charge is -2.20. The van der Waals surface area contributed by atoms with Crippen LogP contribution in [-0.2, 0) is 0 Å². The lowest BCUT2D eigenvalue weighted by atomic mass is 9.83. The van der Waals surface area contributed by atoms with Crippen molar-refractivity contribution in [3.05, 3.63) is 174 Å². The smallest absolute Gasteiger partial charge is 0.0786 e. The third-order valence-corrected chi connectivity index (χ3v) is 6.56. The summed E-state index contributed by atoms with van der Waals surface area (Å²) in [5.74, 6) is 0. The van der Waals surface area contributed by atoms with Gasteiger partial charge in [-0.25, -0.2) is 0 Å². The van der Waals surface area contributed by atoms with Gasteiger partial charge in [0, 0.05) is 17.1 Å². The molecule has 0 spiro atoms. The van der Waals surface area contributed by atoms with Crippen LogP contribution in [0.4, 0.5) is 0 Å². The molecule has 0 unspecified atom stereocenters. The van der Waals surface area contributed by atoms with E-state index in [2.05, 4.69) is 146 Å². The molecule has 1 nitrogen and oxygen atoms in total. The van der Waals surface area contributed by atoms with E-state index in [1.807, 2.05) is 6.20 Å². The van der Waals surface area contributed by atoms with Crippen molar-refractivity contribution < 1.29 is 0 Å². The van der Waals surface area contributed by atoms with Gasteiger partial charge < -0.3 is 0 Å². The third-order valence-electron chi connectivity index (χ3n) is 6.56. The maximum absolute atomic E-state index is 4.90. The van der Waals surface area contributed by atoms with E-state index in [-0.39, 0.29) is 0 Å². The van der Waals surface area contributed by atoms with E-state index in [1.165, 1.54) is 33.2 Å². The van der Waals surface area contributed by atoms with Crippen LogP contribution in [0.15, 0.2) is 152 Å². The quantitative estimate of drug-likeness (QED) is 0.235. The molecular formula is C35H25N. The van der Waals surface area contributed by atoms with Crippen molar-refractivity contribution in [3.63, 3.8) is 0 Å². The number of aromatic nitrogens is 1. The fourth-order valence-electron chi connectivity index (χ4n) is 4.95. The van der Waals surface area contributed by atoms with Crippen LogP contribution in [0.1, 0.15) is 22.3 Å². The number of benzene rings is 5. The fourth-order valence-corrected chi connectivity index (χ4v) is 4.95. The molecule has 0 aliphatic carbocycles. The molecule has 170 valence electrons. The zero-order valence-corrected chi connectivity index (χ0v) is 19.9. The second-order valence-electron chi connectivity index (χ2n) is 8.77. The fraction of sp³-hybridized carbons (Fsp3) is 0. The van der Waals surface area contributed by atoms with Crippen molar-refractivity contribution in [2.75, 3.05) is 0 Å². The zero-order valence-electron chi connectivity index (χ0n) is 19.9. The molecule has 1 aromatic heterocycles. The van der Waals surface area contributed by atoms with Gasteiger partial charge in [0.2, 0.25) is 0 Å². The molecule has 0 aliphatic heterocycles. The summed E-state index contributed by atoms with van der Waals surface area (Å²) in [6.45, 7) is 0.